The molecule has 1 fully saturated rings. The van der Waals surface area contributed by atoms with Gasteiger partial charge in [-0.1, -0.05) is 0 Å². The van der Waals surface area contributed by atoms with Crippen molar-refractivity contribution >= 4 is 9.84 Å². The normalized spacial score (nSPS) is 26.5. The van der Waals surface area contributed by atoms with Crippen LogP contribution in [-0.4, -0.2) is 43.2 Å². The zero-order valence-electron chi connectivity index (χ0n) is 10.4. The second-order valence-electron chi connectivity index (χ2n) is 5.63. The van der Waals surface area contributed by atoms with Crippen molar-refractivity contribution < 1.29 is 13.5 Å². The average Bonchev–Trinajstić information content (AvgIpc) is 2.06. The minimum Gasteiger partial charge on any atom is -0.393 e. The van der Waals surface area contributed by atoms with Crippen molar-refractivity contribution in [2.75, 3.05) is 18.8 Å². The van der Waals surface area contributed by atoms with Crippen LogP contribution in [0, 0.1) is 5.92 Å². The molecule has 0 atom stereocenters. The summed E-state index contributed by atoms with van der Waals surface area (Å²) < 4.78 is 22.8. The molecular formula is C11H23NO3S. The molecule has 96 valence electrons. The summed E-state index contributed by atoms with van der Waals surface area (Å²) in [6, 6.07) is 0. The van der Waals surface area contributed by atoms with Crippen LogP contribution in [0.2, 0.25) is 0 Å². The van der Waals surface area contributed by atoms with Gasteiger partial charge in [0.05, 0.1) is 16.6 Å². The van der Waals surface area contributed by atoms with E-state index >= 15 is 0 Å². The molecule has 1 aliphatic carbocycles. The lowest BCUT2D eigenvalue weighted by Crippen LogP contribution is -2.39. The summed E-state index contributed by atoms with van der Waals surface area (Å²) in [6.07, 6.45) is 1.56. The van der Waals surface area contributed by atoms with Crippen molar-refractivity contribution in [3.63, 3.8) is 0 Å². The third kappa shape index (κ3) is 3.71. The topological polar surface area (TPSA) is 66.4 Å². The maximum absolute atomic E-state index is 11.8. The highest BCUT2D eigenvalue weighted by Crippen LogP contribution is 2.26. The molecule has 0 aromatic carbocycles. The highest BCUT2D eigenvalue weighted by Gasteiger charge is 2.29. The SMILES string of the molecule is CC(C)(C)S(=O)(=O)CCNCC1CC(O)C1. The number of hydrogen-bond donors (Lipinski definition) is 2. The Kier molecular flexibility index (Phi) is 4.37. The number of hydrogen-bond acceptors (Lipinski definition) is 4. The molecule has 0 unspecified atom stereocenters. The van der Waals surface area contributed by atoms with E-state index in [4.69, 9.17) is 5.11 Å². The smallest absolute Gasteiger partial charge is 0.156 e. The molecule has 16 heavy (non-hydrogen) atoms. The van der Waals surface area contributed by atoms with E-state index < -0.39 is 14.6 Å². The molecule has 1 rings (SSSR count). The van der Waals surface area contributed by atoms with Gasteiger partial charge < -0.3 is 10.4 Å². The van der Waals surface area contributed by atoms with Gasteiger partial charge in [-0.2, -0.15) is 0 Å². The Labute approximate surface area is 98.4 Å². The van der Waals surface area contributed by atoms with Crippen LogP contribution in [0.3, 0.4) is 0 Å². The van der Waals surface area contributed by atoms with Gasteiger partial charge in [0, 0.05) is 6.54 Å². The van der Waals surface area contributed by atoms with Crippen LogP contribution < -0.4 is 5.32 Å². The summed E-state index contributed by atoms with van der Waals surface area (Å²) in [5, 5.41) is 12.2. The van der Waals surface area contributed by atoms with Crippen LogP contribution in [0.15, 0.2) is 0 Å². The van der Waals surface area contributed by atoms with Crippen molar-refractivity contribution in [2.45, 2.75) is 44.5 Å². The van der Waals surface area contributed by atoms with E-state index in [0.717, 1.165) is 19.4 Å². The third-order valence-corrected chi connectivity index (χ3v) is 5.73. The maximum Gasteiger partial charge on any atom is 0.156 e. The Hall–Kier alpha value is -0.130. The number of rotatable bonds is 5. The number of aliphatic hydroxyl groups excluding tert-OH is 1. The molecule has 1 aliphatic rings. The molecule has 4 nitrogen and oxygen atoms in total. The molecule has 0 aromatic rings. The fourth-order valence-corrected chi connectivity index (χ4v) is 2.71. The van der Waals surface area contributed by atoms with E-state index in [0.29, 0.717) is 12.5 Å². The number of sulfone groups is 1. The zero-order valence-corrected chi connectivity index (χ0v) is 11.2. The van der Waals surface area contributed by atoms with E-state index in [9.17, 15) is 8.42 Å². The Bertz CT molecular complexity index is 313. The van der Waals surface area contributed by atoms with Gasteiger partial charge in [-0.3, -0.25) is 0 Å². The van der Waals surface area contributed by atoms with Crippen LogP contribution in [0.4, 0.5) is 0 Å². The quantitative estimate of drug-likeness (QED) is 0.699. The van der Waals surface area contributed by atoms with Gasteiger partial charge >= 0.3 is 0 Å². The highest BCUT2D eigenvalue weighted by molar-refractivity contribution is 7.92. The molecule has 0 spiro atoms. The average molecular weight is 249 g/mol. The Morgan fingerprint density at radius 2 is 1.88 bits per heavy atom. The summed E-state index contributed by atoms with van der Waals surface area (Å²) in [7, 11) is -3.01. The molecular weight excluding hydrogens is 226 g/mol. The van der Waals surface area contributed by atoms with Crippen LogP contribution in [0.1, 0.15) is 33.6 Å². The largest absolute Gasteiger partial charge is 0.393 e. The predicted octanol–water partition coefficient (Wildman–Crippen LogP) is 0.560. The minimum absolute atomic E-state index is 0.134. The first-order chi connectivity index (χ1) is 7.22. The summed E-state index contributed by atoms with van der Waals surface area (Å²) in [6.45, 7) is 6.50. The van der Waals surface area contributed by atoms with E-state index in [2.05, 4.69) is 5.32 Å². The molecule has 5 heteroatoms. The van der Waals surface area contributed by atoms with E-state index in [-0.39, 0.29) is 11.9 Å². The fourth-order valence-electron chi connectivity index (χ4n) is 1.69. The zero-order chi connectivity index (χ0) is 12.4. The fraction of sp³-hybridized carbons (Fsp3) is 1.00. The van der Waals surface area contributed by atoms with Crippen LogP contribution in [-0.2, 0) is 9.84 Å². The Morgan fingerprint density at radius 3 is 2.31 bits per heavy atom. The maximum atomic E-state index is 11.8. The Balaban J connectivity index is 2.16. The van der Waals surface area contributed by atoms with E-state index in [1.807, 2.05) is 0 Å². The van der Waals surface area contributed by atoms with Gasteiger partial charge in [-0.05, 0) is 46.1 Å². The van der Waals surface area contributed by atoms with Crippen molar-refractivity contribution in [1.29, 1.82) is 0 Å². The molecule has 2 N–H and O–H groups in total. The van der Waals surface area contributed by atoms with Gasteiger partial charge in [-0.25, -0.2) is 8.42 Å². The monoisotopic (exact) mass is 249 g/mol. The molecule has 0 radical (unpaired) electrons. The number of aliphatic hydroxyl groups is 1. The van der Waals surface area contributed by atoms with Crippen molar-refractivity contribution in [2.24, 2.45) is 5.92 Å². The Morgan fingerprint density at radius 1 is 1.31 bits per heavy atom. The lowest BCUT2D eigenvalue weighted by molar-refractivity contribution is 0.0433. The van der Waals surface area contributed by atoms with E-state index in [1.165, 1.54) is 0 Å². The standard InChI is InChI=1S/C11H23NO3S/c1-11(2,3)16(14,15)5-4-12-8-9-6-10(13)7-9/h9-10,12-13H,4-8H2,1-3H3. The van der Waals surface area contributed by atoms with Crippen LogP contribution in [0.5, 0.6) is 0 Å². The first-order valence-electron chi connectivity index (χ1n) is 5.83. The molecule has 0 aliphatic heterocycles. The molecule has 0 saturated heterocycles. The number of nitrogens with one attached hydrogen (secondary N) is 1. The molecule has 0 bridgehead atoms. The lowest BCUT2D eigenvalue weighted by atomic mass is 9.82. The third-order valence-electron chi connectivity index (χ3n) is 3.12. The predicted molar refractivity (Wildman–Crippen MR) is 65.1 cm³/mol. The van der Waals surface area contributed by atoms with Crippen molar-refractivity contribution in [1.82, 2.24) is 5.32 Å². The second-order valence-corrected chi connectivity index (χ2v) is 8.49. The van der Waals surface area contributed by atoms with Crippen molar-refractivity contribution in [3.05, 3.63) is 0 Å². The molecule has 0 amide bonds. The summed E-state index contributed by atoms with van der Waals surface area (Å²) in [4.78, 5) is 0. The van der Waals surface area contributed by atoms with Gasteiger partial charge in [0.25, 0.3) is 0 Å². The molecule has 0 aromatic heterocycles. The highest BCUT2D eigenvalue weighted by atomic mass is 32.2. The lowest BCUT2D eigenvalue weighted by Gasteiger charge is -2.31. The van der Waals surface area contributed by atoms with Gasteiger partial charge in [0.2, 0.25) is 0 Å². The van der Waals surface area contributed by atoms with Gasteiger partial charge in [-0.15, -0.1) is 0 Å². The summed E-state index contributed by atoms with van der Waals surface area (Å²) >= 11 is 0. The first-order valence-corrected chi connectivity index (χ1v) is 7.48. The van der Waals surface area contributed by atoms with Crippen LogP contribution >= 0.6 is 0 Å². The van der Waals surface area contributed by atoms with Crippen molar-refractivity contribution in [3.8, 4) is 0 Å². The van der Waals surface area contributed by atoms with Gasteiger partial charge in [0.1, 0.15) is 0 Å². The van der Waals surface area contributed by atoms with Crippen LogP contribution in [0.25, 0.3) is 0 Å². The molecule has 1 saturated carbocycles. The minimum atomic E-state index is -3.01. The summed E-state index contributed by atoms with van der Waals surface area (Å²) in [5.74, 6) is 0.707. The van der Waals surface area contributed by atoms with Gasteiger partial charge in [0.15, 0.2) is 9.84 Å². The molecule has 0 heterocycles. The second kappa shape index (κ2) is 5.02. The summed E-state index contributed by atoms with van der Waals surface area (Å²) in [5.41, 5.74) is 0. The first kappa shape index (κ1) is 13.9. The van der Waals surface area contributed by atoms with E-state index in [1.54, 1.807) is 20.8 Å².